The third kappa shape index (κ3) is 3.83. The van der Waals surface area contributed by atoms with Gasteiger partial charge in [-0.3, -0.25) is 0 Å². The first-order valence-corrected chi connectivity index (χ1v) is 8.50. The zero-order valence-corrected chi connectivity index (χ0v) is 12.3. The van der Waals surface area contributed by atoms with Crippen molar-refractivity contribution < 1.29 is 13.2 Å². The summed E-state index contributed by atoms with van der Waals surface area (Å²) in [6.45, 7) is 0.109. The lowest BCUT2D eigenvalue weighted by atomic mass is 10.2. The molecule has 0 aliphatic heterocycles. The number of hydrogen-bond acceptors (Lipinski definition) is 5. The van der Waals surface area contributed by atoms with Crippen LogP contribution in [-0.2, 0) is 16.3 Å². The molecule has 2 rings (SSSR count). The Bertz CT molecular complexity index is 683. The maximum Gasteiger partial charge on any atom is 0.191 e. The zero-order chi connectivity index (χ0) is 14.4. The molecule has 1 aromatic carbocycles. The first-order chi connectivity index (χ1) is 9.62. The number of hydrogen-bond donors (Lipinski definition) is 0. The molecule has 0 N–H and O–H groups in total. The molecule has 1 aromatic heterocycles. The molecule has 0 bridgehead atoms. The van der Waals surface area contributed by atoms with E-state index in [4.69, 9.17) is 10.00 Å². The summed E-state index contributed by atoms with van der Waals surface area (Å²) in [5, 5.41) is 10.3. The number of rotatable bonds is 6. The van der Waals surface area contributed by atoms with Crippen LogP contribution in [0.15, 0.2) is 46.0 Å². The van der Waals surface area contributed by atoms with Crippen LogP contribution >= 0.6 is 11.3 Å². The van der Waals surface area contributed by atoms with Gasteiger partial charge in [-0.1, -0.05) is 18.2 Å². The summed E-state index contributed by atoms with van der Waals surface area (Å²) in [5.74, 6) is 0.557. The Morgan fingerprint density at radius 2 is 1.95 bits per heavy atom. The van der Waals surface area contributed by atoms with Crippen molar-refractivity contribution in [3.63, 3.8) is 0 Å². The van der Waals surface area contributed by atoms with Crippen molar-refractivity contribution in [3.05, 3.63) is 47.3 Å². The second kappa shape index (κ2) is 6.55. The summed E-state index contributed by atoms with van der Waals surface area (Å²) in [5.41, 5.74) is 0.908. The molecule has 1 heterocycles. The van der Waals surface area contributed by atoms with Crippen molar-refractivity contribution in [3.8, 4) is 11.8 Å². The van der Waals surface area contributed by atoms with Gasteiger partial charge in [-0.05, 0) is 29.1 Å². The van der Waals surface area contributed by atoms with Crippen molar-refractivity contribution in [2.24, 2.45) is 0 Å². The minimum Gasteiger partial charge on any atom is -0.493 e. The standard InChI is InChI=1S/C14H13NO3S2/c15-8-7-12-3-5-13(6-4-12)18-9-11-20(16,17)14-2-1-10-19-14/h1-6,10H,7,9,11H2. The summed E-state index contributed by atoms with van der Waals surface area (Å²) >= 11 is 1.21. The Morgan fingerprint density at radius 1 is 1.20 bits per heavy atom. The lowest BCUT2D eigenvalue weighted by molar-refractivity contribution is 0.341. The van der Waals surface area contributed by atoms with E-state index in [1.807, 2.05) is 0 Å². The average Bonchev–Trinajstić information content (AvgIpc) is 2.96. The Kier molecular flexibility index (Phi) is 4.77. The lowest BCUT2D eigenvalue weighted by Crippen LogP contribution is -2.13. The van der Waals surface area contributed by atoms with Crippen LogP contribution in [-0.4, -0.2) is 20.8 Å². The SMILES string of the molecule is N#CCc1ccc(OCCS(=O)(=O)c2cccs2)cc1. The molecule has 0 aliphatic carbocycles. The van der Waals surface area contributed by atoms with Gasteiger partial charge in [0.1, 0.15) is 16.6 Å². The first kappa shape index (κ1) is 14.6. The van der Waals surface area contributed by atoms with E-state index < -0.39 is 9.84 Å². The van der Waals surface area contributed by atoms with Gasteiger partial charge in [-0.15, -0.1) is 11.3 Å². The van der Waals surface area contributed by atoms with Crippen molar-refractivity contribution in [1.29, 1.82) is 5.26 Å². The highest BCUT2D eigenvalue weighted by Gasteiger charge is 2.15. The number of sulfone groups is 1. The topological polar surface area (TPSA) is 67.2 Å². The highest BCUT2D eigenvalue weighted by atomic mass is 32.2. The average molecular weight is 307 g/mol. The number of thiophene rings is 1. The molecule has 0 saturated carbocycles. The van der Waals surface area contributed by atoms with Crippen molar-refractivity contribution in [1.82, 2.24) is 0 Å². The molecule has 0 saturated heterocycles. The van der Waals surface area contributed by atoms with E-state index in [0.717, 1.165) is 5.56 Å². The van der Waals surface area contributed by atoms with Crippen LogP contribution in [0.25, 0.3) is 0 Å². The van der Waals surface area contributed by atoms with Gasteiger partial charge in [-0.25, -0.2) is 8.42 Å². The van der Waals surface area contributed by atoms with E-state index in [-0.39, 0.29) is 12.4 Å². The summed E-state index contributed by atoms with van der Waals surface area (Å²) in [4.78, 5) is 0. The molecule has 6 heteroatoms. The highest BCUT2D eigenvalue weighted by molar-refractivity contribution is 7.93. The number of benzene rings is 1. The molecular formula is C14H13NO3S2. The fraction of sp³-hybridized carbons (Fsp3) is 0.214. The summed E-state index contributed by atoms with van der Waals surface area (Å²) < 4.78 is 29.6. The second-order valence-electron chi connectivity index (χ2n) is 4.08. The van der Waals surface area contributed by atoms with Gasteiger partial charge in [-0.2, -0.15) is 5.26 Å². The van der Waals surface area contributed by atoms with Crippen molar-refractivity contribution in [2.45, 2.75) is 10.6 Å². The quantitative estimate of drug-likeness (QED) is 0.823. The van der Waals surface area contributed by atoms with Gasteiger partial charge in [0.25, 0.3) is 0 Å². The third-order valence-corrected chi connectivity index (χ3v) is 5.79. The Hall–Kier alpha value is -1.84. The first-order valence-electron chi connectivity index (χ1n) is 5.97. The molecule has 0 unspecified atom stereocenters. The predicted molar refractivity (Wildman–Crippen MR) is 77.6 cm³/mol. The molecule has 0 spiro atoms. The van der Waals surface area contributed by atoms with E-state index in [1.165, 1.54) is 11.3 Å². The molecule has 2 aromatic rings. The van der Waals surface area contributed by atoms with Crippen LogP contribution in [0.1, 0.15) is 5.56 Å². The van der Waals surface area contributed by atoms with Crippen LogP contribution in [0.4, 0.5) is 0 Å². The lowest BCUT2D eigenvalue weighted by Gasteiger charge is -2.06. The van der Waals surface area contributed by atoms with Gasteiger partial charge in [0.05, 0.1) is 18.2 Å². The Morgan fingerprint density at radius 3 is 2.55 bits per heavy atom. The van der Waals surface area contributed by atoms with Crippen LogP contribution in [0.2, 0.25) is 0 Å². The Balaban J connectivity index is 1.89. The van der Waals surface area contributed by atoms with E-state index in [1.54, 1.807) is 41.8 Å². The molecular weight excluding hydrogens is 294 g/mol. The fourth-order valence-corrected chi connectivity index (χ4v) is 3.85. The molecule has 4 nitrogen and oxygen atoms in total. The van der Waals surface area contributed by atoms with Gasteiger partial charge >= 0.3 is 0 Å². The van der Waals surface area contributed by atoms with E-state index in [9.17, 15) is 8.42 Å². The third-order valence-electron chi connectivity index (χ3n) is 2.63. The summed E-state index contributed by atoms with van der Waals surface area (Å²) in [7, 11) is -3.25. The molecule has 0 radical (unpaired) electrons. The van der Waals surface area contributed by atoms with Crippen LogP contribution < -0.4 is 4.74 Å². The predicted octanol–water partition coefficient (Wildman–Crippen LogP) is 2.67. The van der Waals surface area contributed by atoms with E-state index in [2.05, 4.69) is 6.07 Å². The van der Waals surface area contributed by atoms with E-state index >= 15 is 0 Å². The normalized spacial score (nSPS) is 10.9. The van der Waals surface area contributed by atoms with Crippen molar-refractivity contribution in [2.75, 3.05) is 12.4 Å². The minimum absolute atomic E-state index is 0.0482. The Labute approximate surface area is 122 Å². The zero-order valence-electron chi connectivity index (χ0n) is 10.7. The van der Waals surface area contributed by atoms with Crippen LogP contribution in [0.5, 0.6) is 5.75 Å². The van der Waals surface area contributed by atoms with Gasteiger partial charge < -0.3 is 4.74 Å². The second-order valence-corrected chi connectivity index (χ2v) is 7.36. The summed E-state index contributed by atoms with van der Waals surface area (Å²) in [6, 6.07) is 12.4. The highest BCUT2D eigenvalue weighted by Crippen LogP contribution is 2.18. The van der Waals surface area contributed by atoms with Gasteiger partial charge in [0, 0.05) is 0 Å². The molecule has 0 aliphatic rings. The number of nitriles is 1. The maximum atomic E-state index is 11.9. The molecule has 0 amide bonds. The summed E-state index contributed by atoms with van der Waals surface area (Å²) in [6.07, 6.45) is 0.354. The van der Waals surface area contributed by atoms with E-state index in [0.29, 0.717) is 16.4 Å². The van der Waals surface area contributed by atoms with Crippen LogP contribution in [0.3, 0.4) is 0 Å². The molecule has 20 heavy (non-hydrogen) atoms. The fourth-order valence-electron chi connectivity index (χ4n) is 1.61. The number of nitrogens with zero attached hydrogens (tertiary/aromatic N) is 1. The molecule has 104 valence electrons. The molecule has 0 atom stereocenters. The monoisotopic (exact) mass is 307 g/mol. The largest absolute Gasteiger partial charge is 0.493 e. The minimum atomic E-state index is -3.25. The van der Waals surface area contributed by atoms with Crippen LogP contribution in [0, 0.1) is 11.3 Å². The molecule has 0 fully saturated rings. The van der Waals surface area contributed by atoms with Gasteiger partial charge in [0.15, 0.2) is 9.84 Å². The number of ether oxygens (including phenoxy) is 1. The maximum absolute atomic E-state index is 11.9. The smallest absolute Gasteiger partial charge is 0.191 e. The van der Waals surface area contributed by atoms with Gasteiger partial charge in [0.2, 0.25) is 0 Å². The van der Waals surface area contributed by atoms with Crippen molar-refractivity contribution >= 4 is 21.2 Å².